The lowest BCUT2D eigenvalue weighted by Crippen LogP contribution is -2.36. The van der Waals surface area contributed by atoms with E-state index in [4.69, 9.17) is 9.47 Å². The van der Waals surface area contributed by atoms with Crippen LogP contribution in [0.2, 0.25) is 0 Å². The van der Waals surface area contributed by atoms with Crippen LogP contribution in [0.15, 0.2) is 103 Å². The van der Waals surface area contributed by atoms with E-state index >= 15 is 0 Å². The van der Waals surface area contributed by atoms with Gasteiger partial charge < -0.3 is 20.1 Å². The normalized spacial score (nSPS) is 10.5. The zero-order valence-electron chi connectivity index (χ0n) is 22.1. The van der Waals surface area contributed by atoms with Crippen LogP contribution in [-0.4, -0.2) is 18.6 Å². The number of esters is 1. The van der Waals surface area contributed by atoms with Gasteiger partial charge in [-0.25, -0.2) is 4.79 Å². The summed E-state index contributed by atoms with van der Waals surface area (Å²) in [5.74, 6) is 0.518. The number of carbonyl (C=O) groups is 2. The van der Waals surface area contributed by atoms with Crippen LogP contribution in [0.25, 0.3) is 11.1 Å². The molecule has 0 saturated heterocycles. The molecule has 0 spiro atoms. The van der Waals surface area contributed by atoms with E-state index in [2.05, 4.69) is 41.0 Å². The topological polar surface area (TPSA) is 80.5 Å². The molecular weight excluding hydrogens is 490 g/mol. The van der Waals surface area contributed by atoms with E-state index < -0.39 is 0 Å². The first-order chi connectivity index (χ1) is 19.1. The number of ether oxygens (including phenoxy) is 2. The maximum atomic E-state index is 12.4. The molecule has 1 aromatic heterocycles. The fourth-order valence-electron chi connectivity index (χ4n) is 4.09. The predicted molar refractivity (Wildman–Crippen MR) is 151 cm³/mol. The van der Waals surface area contributed by atoms with E-state index in [-0.39, 0.29) is 18.7 Å². The first-order valence-electron chi connectivity index (χ1n) is 13.2. The predicted octanol–water partition coefficient (Wildman–Crippen LogP) is 5.89. The van der Waals surface area contributed by atoms with E-state index in [1.54, 1.807) is 4.57 Å². The molecule has 0 aliphatic heterocycles. The molecular formula is C32H34N3O4+. The minimum absolute atomic E-state index is 0.146. The Morgan fingerprint density at radius 2 is 1.64 bits per heavy atom. The van der Waals surface area contributed by atoms with Crippen molar-refractivity contribution in [2.45, 2.75) is 39.5 Å². The second-order valence-corrected chi connectivity index (χ2v) is 9.08. The number of nitrogens with one attached hydrogen (secondary N) is 2. The highest BCUT2D eigenvalue weighted by molar-refractivity contribution is 5.89. The molecule has 7 heteroatoms. The van der Waals surface area contributed by atoms with Crippen molar-refractivity contribution in [2.24, 2.45) is 0 Å². The van der Waals surface area contributed by atoms with Crippen molar-refractivity contribution >= 4 is 17.7 Å². The average molecular weight is 525 g/mol. The molecule has 0 fully saturated rings. The monoisotopic (exact) mass is 524 g/mol. The minimum Gasteiger partial charge on any atom is -0.493 e. The van der Waals surface area contributed by atoms with E-state index in [0.29, 0.717) is 25.3 Å². The fourth-order valence-corrected chi connectivity index (χ4v) is 4.09. The summed E-state index contributed by atoms with van der Waals surface area (Å²) in [7, 11) is 0. The van der Waals surface area contributed by atoms with Gasteiger partial charge in [-0.3, -0.25) is 4.79 Å². The van der Waals surface area contributed by atoms with Gasteiger partial charge in [-0.2, -0.15) is 4.57 Å². The third kappa shape index (κ3) is 8.71. The number of aromatic nitrogens is 1. The van der Waals surface area contributed by atoms with Gasteiger partial charge >= 0.3 is 12.0 Å². The Morgan fingerprint density at radius 3 is 2.44 bits per heavy atom. The fraction of sp³-hybridized carbons (Fsp3) is 0.219. The van der Waals surface area contributed by atoms with Crippen molar-refractivity contribution in [2.75, 3.05) is 11.9 Å². The third-order valence-electron chi connectivity index (χ3n) is 6.06. The Hall–Kier alpha value is -4.65. The summed E-state index contributed by atoms with van der Waals surface area (Å²) in [6.07, 6.45) is 5.59. The van der Waals surface area contributed by atoms with Crippen molar-refractivity contribution in [1.82, 2.24) is 5.32 Å². The van der Waals surface area contributed by atoms with Crippen LogP contribution >= 0.6 is 0 Å². The zero-order chi connectivity index (χ0) is 27.3. The molecule has 200 valence electrons. The van der Waals surface area contributed by atoms with E-state index in [0.717, 1.165) is 24.2 Å². The Balaban J connectivity index is 1.21. The molecule has 0 aliphatic rings. The Labute approximate surface area is 229 Å². The van der Waals surface area contributed by atoms with Gasteiger partial charge in [0.1, 0.15) is 5.75 Å². The number of benzene rings is 3. The van der Waals surface area contributed by atoms with Crippen LogP contribution in [0, 0.1) is 0 Å². The summed E-state index contributed by atoms with van der Waals surface area (Å²) in [4.78, 5) is 24.0. The maximum absolute atomic E-state index is 12.4. The van der Waals surface area contributed by atoms with Crippen LogP contribution in [-0.2, 0) is 29.2 Å². The first kappa shape index (κ1) is 27.4. The maximum Gasteiger partial charge on any atom is 0.319 e. The van der Waals surface area contributed by atoms with Crippen LogP contribution < -0.4 is 19.9 Å². The van der Waals surface area contributed by atoms with Gasteiger partial charge in [-0.05, 0) is 53.4 Å². The average Bonchev–Trinajstić information content (AvgIpc) is 2.97. The van der Waals surface area contributed by atoms with Gasteiger partial charge in [0.2, 0.25) is 0 Å². The van der Waals surface area contributed by atoms with Crippen LogP contribution in [0.1, 0.15) is 30.9 Å². The largest absolute Gasteiger partial charge is 0.493 e. The molecule has 1 heterocycles. The highest BCUT2D eigenvalue weighted by Gasteiger charge is 2.09. The number of urea groups is 1. The molecule has 3 aromatic carbocycles. The number of hydrogen-bond acceptors (Lipinski definition) is 4. The standard InChI is InChI=1S/C32H33N3O4/c1-2-9-31(36)39-24-35-20-8-10-25(23-35)22-33-32(37)34-28-15-17-29(18-16-28)38-21-19-27-13-6-7-14-30(27)26-11-4-3-5-12-26/h3-8,10-18,20,23H,2,9,19,21-22,24H2,1H3,(H-,33,34,37)/p+1. The van der Waals surface area contributed by atoms with E-state index in [1.165, 1.54) is 16.7 Å². The molecule has 2 N–H and O–H groups in total. The molecule has 4 rings (SSSR count). The second-order valence-electron chi connectivity index (χ2n) is 9.08. The smallest absolute Gasteiger partial charge is 0.319 e. The molecule has 39 heavy (non-hydrogen) atoms. The van der Waals surface area contributed by atoms with Crippen LogP contribution in [0.4, 0.5) is 10.5 Å². The Kier molecular flexibility index (Phi) is 10.1. The summed E-state index contributed by atoms with van der Waals surface area (Å²) in [5, 5.41) is 5.68. The number of rotatable bonds is 12. The number of carbonyl (C=O) groups excluding carboxylic acids is 2. The molecule has 0 unspecified atom stereocenters. The van der Waals surface area contributed by atoms with Crippen LogP contribution in [0.3, 0.4) is 0 Å². The Bertz CT molecular complexity index is 1360. The van der Waals surface area contributed by atoms with Crippen molar-refractivity contribution < 1.29 is 23.6 Å². The number of pyridine rings is 1. The Morgan fingerprint density at radius 1 is 0.872 bits per heavy atom. The molecule has 0 atom stereocenters. The van der Waals surface area contributed by atoms with Gasteiger partial charge in [0.15, 0.2) is 12.4 Å². The van der Waals surface area contributed by atoms with Gasteiger partial charge in [-0.15, -0.1) is 0 Å². The summed E-state index contributed by atoms with van der Waals surface area (Å²) in [6.45, 7) is 2.96. The number of hydrogen-bond donors (Lipinski definition) is 2. The minimum atomic E-state index is -0.314. The quantitative estimate of drug-likeness (QED) is 0.179. The van der Waals surface area contributed by atoms with E-state index in [1.807, 2.05) is 80.0 Å². The van der Waals surface area contributed by atoms with Gasteiger partial charge in [0.05, 0.1) is 13.2 Å². The first-order valence-corrected chi connectivity index (χ1v) is 13.2. The van der Waals surface area contributed by atoms with Crippen molar-refractivity contribution in [1.29, 1.82) is 0 Å². The molecule has 7 nitrogen and oxygen atoms in total. The molecule has 0 aliphatic carbocycles. The van der Waals surface area contributed by atoms with Gasteiger partial charge in [-0.1, -0.05) is 61.5 Å². The van der Waals surface area contributed by atoms with Gasteiger partial charge in [0, 0.05) is 30.2 Å². The molecule has 4 aromatic rings. The van der Waals surface area contributed by atoms with Crippen molar-refractivity contribution in [3.8, 4) is 16.9 Å². The highest BCUT2D eigenvalue weighted by Crippen LogP contribution is 2.24. The lowest BCUT2D eigenvalue weighted by atomic mass is 9.98. The van der Waals surface area contributed by atoms with Crippen LogP contribution in [0.5, 0.6) is 5.75 Å². The molecule has 0 radical (unpaired) electrons. The lowest BCUT2D eigenvalue weighted by Gasteiger charge is -2.12. The summed E-state index contributed by atoms with van der Waals surface area (Å²) in [6, 6.07) is 29.5. The zero-order valence-corrected chi connectivity index (χ0v) is 22.1. The summed E-state index contributed by atoms with van der Waals surface area (Å²) < 4.78 is 13.0. The highest BCUT2D eigenvalue weighted by atomic mass is 16.5. The molecule has 2 amide bonds. The number of nitrogens with zero attached hydrogens (tertiary/aromatic N) is 1. The summed E-state index contributed by atoms with van der Waals surface area (Å²) >= 11 is 0. The van der Waals surface area contributed by atoms with Gasteiger partial charge in [0.25, 0.3) is 6.73 Å². The number of amides is 2. The third-order valence-corrected chi connectivity index (χ3v) is 6.06. The SMILES string of the molecule is CCCC(=O)OC[n+]1cccc(CNC(=O)Nc2ccc(OCCc3ccccc3-c3ccccc3)cc2)c1. The number of anilines is 1. The van der Waals surface area contributed by atoms with E-state index in [9.17, 15) is 9.59 Å². The van der Waals surface area contributed by atoms with Crippen molar-refractivity contribution in [3.63, 3.8) is 0 Å². The molecule has 0 saturated carbocycles. The summed E-state index contributed by atoms with van der Waals surface area (Å²) in [5.41, 5.74) is 5.20. The molecule has 0 bridgehead atoms. The lowest BCUT2D eigenvalue weighted by molar-refractivity contribution is -0.728. The second kappa shape index (κ2) is 14.3. The van der Waals surface area contributed by atoms with Crippen molar-refractivity contribution in [3.05, 3.63) is 115 Å².